The molecule has 0 aliphatic rings. The van der Waals surface area contributed by atoms with Gasteiger partial charge in [0.15, 0.2) is 0 Å². The van der Waals surface area contributed by atoms with Crippen LogP contribution < -0.4 is 5.32 Å². The molecule has 5 nitrogen and oxygen atoms in total. The van der Waals surface area contributed by atoms with Gasteiger partial charge in [-0.2, -0.15) is 0 Å². The van der Waals surface area contributed by atoms with Crippen molar-refractivity contribution in [3.8, 4) is 5.75 Å². The summed E-state index contributed by atoms with van der Waals surface area (Å²) < 4.78 is 0. The molecule has 1 amide bonds. The van der Waals surface area contributed by atoms with Crippen molar-refractivity contribution in [3.05, 3.63) is 58.9 Å². The zero-order valence-electron chi connectivity index (χ0n) is 10.9. The van der Waals surface area contributed by atoms with E-state index in [1.54, 1.807) is 6.07 Å². The first-order valence-corrected chi connectivity index (χ1v) is 6.71. The van der Waals surface area contributed by atoms with Gasteiger partial charge in [-0.05, 0) is 30.3 Å². The average molecular weight is 302 g/mol. The topological polar surface area (TPSA) is 78.0 Å². The Kier molecular flexibility index (Phi) is 3.50. The first-order chi connectivity index (χ1) is 10.1. The van der Waals surface area contributed by atoms with Crippen LogP contribution in [-0.4, -0.2) is 21.0 Å². The molecule has 0 aliphatic carbocycles. The summed E-state index contributed by atoms with van der Waals surface area (Å²) in [6.45, 7) is 0.246. The molecule has 0 saturated carbocycles. The Bertz CT molecular complexity index is 781. The number of phenols is 1. The van der Waals surface area contributed by atoms with Gasteiger partial charge in [0.25, 0.3) is 5.91 Å². The molecule has 0 aliphatic heterocycles. The van der Waals surface area contributed by atoms with Crippen LogP contribution in [0.4, 0.5) is 0 Å². The number of phenolic OH excluding ortho intramolecular Hbond substituents is 1. The van der Waals surface area contributed by atoms with Crippen molar-refractivity contribution < 1.29 is 9.90 Å². The molecule has 2 aromatic carbocycles. The molecule has 0 atom stereocenters. The van der Waals surface area contributed by atoms with E-state index in [0.717, 1.165) is 11.0 Å². The maximum Gasteiger partial charge on any atom is 0.255 e. The SMILES string of the molecule is O=C(NCc1nc2ccccc2[nH]1)c1ccc(Cl)cc1O. The third-order valence-corrected chi connectivity index (χ3v) is 3.29. The van der Waals surface area contributed by atoms with Gasteiger partial charge in [-0.1, -0.05) is 23.7 Å². The Labute approximate surface area is 125 Å². The number of aromatic nitrogens is 2. The summed E-state index contributed by atoms with van der Waals surface area (Å²) in [6, 6.07) is 12.0. The summed E-state index contributed by atoms with van der Waals surface area (Å²) >= 11 is 5.73. The Morgan fingerprint density at radius 1 is 1.29 bits per heavy atom. The Morgan fingerprint density at radius 3 is 2.86 bits per heavy atom. The number of nitrogens with one attached hydrogen (secondary N) is 2. The number of rotatable bonds is 3. The second kappa shape index (κ2) is 5.46. The average Bonchev–Trinajstić information content (AvgIpc) is 2.87. The number of amides is 1. The number of benzene rings is 2. The molecule has 3 N–H and O–H groups in total. The van der Waals surface area contributed by atoms with E-state index in [9.17, 15) is 9.90 Å². The fourth-order valence-corrected chi connectivity index (χ4v) is 2.21. The maximum absolute atomic E-state index is 12.0. The highest BCUT2D eigenvalue weighted by Gasteiger charge is 2.12. The molecule has 21 heavy (non-hydrogen) atoms. The molecular formula is C15H12ClN3O2. The molecule has 3 aromatic rings. The van der Waals surface area contributed by atoms with E-state index in [-0.39, 0.29) is 23.8 Å². The van der Waals surface area contributed by atoms with E-state index in [4.69, 9.17) is 11.6 Å². The Morgan fingerprint density at radius 2 is 2.10 bits per heavy atom. The third kappa shape index (κ3) is 2.83. The van der Waals surface area contributed by atoms with Gasteiger partial charge in [-0.3, -0.25) is 4.79 Å². The standard InChI is InChI=1S/C15H12ClN3O2/c16-9-5-6-10(13(20)7-9)15(21)17-8-14-18-11-3-1-2-4-12(11)19-14/h1-7,20H,8H2,(H,17,21)(H,18,19). The highest BCUT2D eigenvalue weighted by Crippen LogP contribution is 2.21. The van der Waals surface area contributed by atoms with E-state index in [1.165, 1.54) is 12.1 Å². The van der Waals surface area contributed by atoms with Crippen LogP contribution in [0.25, 0.3) is 11.0 Å². The number of hydrogen-bond donors (Lipinski definition) is 3. The van der Waals surface area contributed by atoms with Crippen molar-refractivity contribution in [2.45, 2.75) is 6.54 Å². The molecule has 6 heteroatoms. The normalized spacial score (nSPS) is 10.7. The van der Waals surface area contributed by atoms with Gasteiger partial charge >= 0.3 is 0 Å². The second-order valence-electron chi connectivity index (χ2n) is 4.54. The summed E-state index contributed by atoms with van der Waals surface area (Å²) in [6.07, 6.45) is 0. The third-order valence-electron chi connectivity index (χ3n) is 3.06. The lowest BCUT2D eigenvalue weighted by Crippen LogP contribution is -2.23. The summed E-state index contributed by atoms with van der Waals surface area (Å²) in [4.78, 5) is 19.5. The number of halogens is 1. The predicted octanol–water partition coefficient (Wildman–Crippen LogP) is 2.85. The number of nitrogens with zero attached hydrogens (tertiary/aromatic N) is 1. The van der Waals surface area contributed by atoms with E-state index in [2.05, 4.69) is 15.3 Å². The van der Waals surface area contributed by atoms with E-state index in [1.807, 2.05) is 24.3 Å². The van der Waals surface area contributed by atoms with Gasteiger partial charge < -0.3 is 15.4 Å². The van der Waals surface area contributed by atoms with Crippen LogP contribution in [0.3, 0.4) is 0 Å². The first kappa shape index (κ1) is 13.5. The van der Waals surface area contributed by atoms with Crippen LogP contribution >= 0.6 is 11.6 Å². The first-order valence-electron chi connectivity index (χ1n) is 6.34. The van der Waals surface area contributed by atoms with Crippen LogP contribution in [0.1, 0.15) is 16.2 Å². The minimum absolute atomic E-state index is 0.149. The monoisotopic (exact) mass is 301 g/mol. The molecule has 0 bridgehead atoms. The fraction of sp³-hybridized carbons (Fsp3) is 0.0667. The van der Waals surface area contributed by atoms with E-state index < -0.39 is 0 Å². The molecule has 1 aromatic heterocycles. The molecular weight excluding hydrogens is 290 g/mol. The smallest absolute Gasteiger partial charge is 0.255 e. The van der Waals surface area contributed by atoms with Crippen LogP contribution in [0, 0.1) is 0 Å². The van der Waals surface area contributed by atoms with Crippen molar-refractivity contribution >= 4 is 28.5 Å². The minimum atomic E-state index is -0.385. The Hall–Kier alpha value is -2.53. The number of para-hydroxylation sites is 2. The van der Waals surface area contributed by atoms with Gasteiger partial charge in [0.05, 0.1) is 23.1 Å². The molecule has 106 valence electrons. The number of carbonyl (C=O) groups excluding carboxylic acids is 1. The molecule has 0 radical (unpaired) electrons. The summed E-state index contributed by atoms with van der Waals surface area (Å²) in [7, 11) is 0. The minimum Gasteiger partial charge on any atom is -0.507 e. The summed E-state index contributed by atoms with van der Waals surface area (Å²) in [5, 5.41) is 12.8. The van der Waals surface area contributed by atoms with Crippen molar-refractivity contribution in [1.29, 1.82) is 0 Å². The quantitative estimate of drug-likeness (QED) is 0.696. The van der Waals surface area contributed by atoms with Crippen LogP contribution in [0.5, 0.6) is 5.75 Å². The molecule has 0 unspecified atom stereocenters. The lowest BCUT2D eigenvalue weighted by Gasteiger charge is -2.05. The van der Waals surface area contributed by atoms with Crippen LogP contribution in [0.15, 0.2) is 42.5 Å². The second-order valence-corrected chi connectivity index (χ2v) is 4.98. The number of hydrogen-bond acceptors (Lipinski definition) is 3. The van der Waals surface area contributed by atoms with Crippen molar-refractivity contribution in [2.24, 2.45) is 0 Å². The molecule has 0 spiro atoms. The fourth-order valence-electron chi connectivity index (χ4n) is 2.05. The van der Waals surface area contributed by atoms with Gasteiger partial charge in [0, 0.05) is 5.02 Å². The van der Waals surface area contributed by atoms with Crippen molar-refractivity contribution in [1.82, 2.24) is 15.3 Å². The highest BCUT2D eigenvalue weighted by atomic mass is 35.5. The molecule has 1 heterocycles. The van der Waals surface area contributed by atoms with Gasteiger partial charge in [0.1, 0.15) is 11.6 Å². The van der Waals surface area contributed by atoms with Gasteiger partial charge in [0.2, 0.25) is 0 Å². The number of imidazole rings is 1. The highest BCUT2D eigenvalue weighted by molar-refractivity contribution is 6.30. The molecule has 3 rings (SSSR count). The zero-order chi connectivity index (χ0) is 14.8. The maximum atomic E-state index is 12.0. The van der Waals surface area contributed by atoms with Crippen molar-refractivity contribution in [2.75, 3.05) is 0 Å². The van der Waals surface area contributed by atoms with Crippen LogP contribution in [0.2, 0.25) is 5.02 Å². The van der Waals surface area contributed by atoms with E-state index >= 15 is 0 Å². The van der Waals surface area contributed by atoms with Gasteiger partial charge in [-0.15, -0.1) is 0 Å². The van der Waals surface area contributed by atoms with Crippen molar-refractivity contribution in [3.63, 3.8) is 0 Å². The lowest BCUT2D eigenvalue weighted by atomic mass is 10.2. The zero-order valence-corrected chi connectivity index (χ0v) is 11.7. The van der Waals surface area contributed by atoms with Gasteiger partial charge in [-0.25, -0.2) is 4.98 Å². The molecule has 0 fully saturated rings. The predicted molar refractivity (Wildman–Crippen MR) is 80.4 cm³/mol. The number of aromatic hydroxyl groups is 1. The number of aromatic amines is 1. The number of H-pyrrole nitrogens is 1. The molecule has 0 saturated heterocycles. The summed E-state index contributed by atoms with van der Waals surface area (Å²) in [5.74, 6) is 0.118. The van der Waals surface area contributed by atoms with Crippen LogP contribution in [-0.2, 0) is 6.54 Å². The van der Waals surface area contributed by atoms with E-state index in [0.29, 0.717) is 10.8 Å². The Balaban J connectivity index is 1.73. The number of carbonyl (C=O) groups is 1. The largest absolute Gasteiger partial charge is 0.507 e. The summed E-state index contributed by atoms with van der Waals surface area (Å²) in [5.41, 5.74) is 1.93. The number of fused-ring (bicyclic) bond motifs is 1. The lowest BCUT2D eigenvalue weighted by molar-refractivity contribution is 0.0947.